The third kappa shape index (κ3) is 2.21. The Bertz CT molecular complexity index is 854. The molecule has 4 aromatic rings. The van der Waals surface area contributed by atoms with Gasteiger partial charge in [-0.15, -0.1) is 11.3 Å². The lowest BCUT2D eigenvalue weighted by atomic mass is 10.4. The fraction of sp³-hybridized carbons (Fsp3) is 0. The second-order valence-electron chi connectivity index (χ2n) is 4.06. The minimum atomic E-state index is 0.399. The first kappa shape index (κ1) is 11.9. The molecule has 0 aliphatic rings. The predicted octanol–water partition coefficient (Wildman–Crippen LogP) is 2.91. The zero-order chi connectivity index (χ0) is 14.1. The van der Waals surface area contributed by atoms with Crippen molar-refractivity contribution < 1.29 is 8.94 Å². The maximum atomic E-state index is 5.25. The van der Waals surface area contributed by atoms with Gasteiger partial charge in [0.05, 0.1) is 18.7 Å². The van der Waals surface area contributed by atoms with Gasteiger partial charge in [0.25, 0.3) is 5.89 Å². The van der Waals surface area contributed by atoms with Crippen molar-refractivity contribution in [2.75, 3.05) is 0 Å². The highest BCUT2D eigenvalue weighted by Gasteiger charge is 2.15. The summed E-state index contributed by atoms with van der Waals surface area (Å²) in [5, 5.41) is 4.74. The van der Waals surface area contributed by atoms with Crippen LogP contribution in [-0.2, 0) is 0 Å². The van der Waals surface area contributed by atoms with Crippen LogP contribution in [0.1, 0.15) is 0 Å². The zero-order valence-corrected chi connectivity index (χ0v) is 11.3. The Morgan fingerprint density at radius 3 is 2.90 bits per heavy atom. The Kier molecular flexibility index (Phi) is 2.79. The normalized spacial score (nSPS) is 10.9. The molecule has 4 rings (SSSR count). The molecule has 0 unspecified atom stereocenters. The number of nitrogens with zero attached hydrogens (tertiary/aromatic N) is 5. The average Bonchev–Trinajstić information content (AvgIpc) is 3.27. The van der Waals surface area contributed by atoms with Crippen LogP contribution in [0.5, 0.6) is 0 Å². The molecule has 0 aromatic carbocycles. The van der Waals surface area contributed by atoms with Crippen molar-refractivity contribution in [2.45, 2.75) is 0 Å². The van der Waals surface area contributed by atoms with E-state index < -0.39 is 0 Å². The molecule has 7 nitrogen and oxygen atoms in total. The monoisotopic (exact) mass is 297 g/mol. The topological polar surface area (TPSA) is 90.7 Å². The van der Waals surface area contributed by atoms with Crippen molar-refractivity contribution in [3.63, 3.8) is 0 Å². The molecule has 0 aliphatic carbocycles. The summed E-state index contributed by atoms with van der Waals surface area (Å²) in [6.45, 7) is 0. The molecule has 102 valence electrons. The third-order valence-electron chi connectivity index (χ3n) is 2.70. The van der Waals surface area contributed by atoms with E-state index in [1.165, 1.54) is 11.3 Å². The van der Waals surface area contributed by atoms with Gasteiger partial charge in [-0.3, -0.25) is 4.98 Å². The van der Waals surface area contributed by atoms with Crippen LogP contribution in [0.2, 0.25) is 0 Å². The van der Waals surface area contributed by atoms with Gasteiger partial charge in [-0.05, 0) is 6.07 Å². The first-order chi connectivity index (χ1) is 10.4. The van der Waals surface area contributed by atoms with Crippen molar-refractivity contribution in [1.82, 2.24) is 25.1 Å². The van der Waals surface area contributed by atoms with Crippen LogP contribution in [0.15, 0.2) is 52.3 Å². The molecule has 0 amide bonds. The molecule has 4 aromatic heterocycles. The molecule has 0 saturated heterocycles. The summed E-state index contributed by atoms with van der Waals surface area (Å²) in [6.07, 6.45) is 9.69. The quantitative estimate of drug-likeness (QED) is 0.574. The molecule has 0 aliphatic heterocycles. The number of hydrogen-bond acceptors (Lipinski definition) is 8. The molecule has 0 spiro atoms. The predicted molar refractivity (Wildman–Crippen MR) is 74.1 cm³/mol. The van der Waals surface area contributed by atoms with Crippen molar-refractivity contribution in [1.29, 1.82) is 0 Å². The van der Waals surface area contributed by atoms with Crippen LogP contribution in [-0.4, -0.2) is 25.1 Å². The van der Waals surface area contributed by atoms with Crippen molar-refractivity contribution in [3.8, 4) is 32.9 Å². The first-order valence-electron chi connectivity index (χ1n) is 5.99. The van der Waals surface area contributed by atoms with Crippen molar-refractivity contribution in [3.05, 3.63) is 43.4 Å². The van der Waals surface area contributed by atoms with E-state index >= 15 is 0 Å². The summed E-state index contributed by atoms with van der Waals surface area (Å²) in [5.74, 6) is 0.805. The number of thiazole rings is 1. The Morgan fingerprint density at radius 1 is 1.10 bits per heavy atom. The van der Waals surface area contributed by atoms with Crippen LogP contribution in [0.25, 0.3) is 32.9 Å². The second kappa shape index (κ2) is 4.91. The minimum absolute atomic E-state index is 0.399. The van der Waals surface area contributed by atoms with Gasteiger partial charge in [0.1, 0.15) is 21.8 Å². The highest BCUT2D eigenvalue weighted by Crippen LogP contribution is 2.31. The molecule has 0 radical (unpaired) electrons. The highest BCUT2D eigenvalue weighted by molar-refractivity contribution is 7.18. The van der Waals surface area contributed by atoms with Crippen LogP contribution < -0.4 is 0 Å². The lowest BCUT2D eigenvalue weighted by Crippen LogP contribution is -1.85. The van der Waals surface area contributed by atoms with Crippen molar-refractivity contribution >= 4 is 11.3 Å². The Labute approximate surface area is 122 Å². The molecule has 21 heavy (non-hydrogen) atoms. The maximum absolute atomic E-state index is 5.25. The molecule has 4 heterocycles. The van der Waals surface area contributed by atoms with Gasteiger partial charge in [0.2, 0.25) is 5.82 Å². The van der Waals surface area contributed by atoms with Crippen LogP contribution in [0.4, 0.5) is 0 Å². The number of rotatable bonds is 3. The number of hydrogen-bond donors (Lipinski definition) is 0. The second-order valence-corrected chi connectivity index (χ2v) is 5.09. The molecule has 0 N–H and O–H groups in total. The Balaban J connectivity index is 1.67. The fourth-order valence-electron chi connectivity index (χ4n) is 1.73. The Morgan fingerprint density at radius 2 is 2.10 bits per heavy atom. The number of aromatic nitrogens is 5. The van der Waals surface area contributed by atoms with Gasteiger partial charge in [-0.1, -0.05) is 5.16 Å². The summed E-state index contributed by atoms with van der Waals surface area (Å²) in [6, 6.07) is 1.85. The molecule has 0 fully saturated rings. The van der Waals surface area contributed by atoms with E-state index in [2.05, 4.69) is 25.1 Å². The number of furan rings is 1. The largest absolute Gasteiger partial charge is 0.472 e. The van der Waals surface area contributed by atoms with E-state index in [4.69, 9.17) is 8.94 Å². The van der Waals surface area contributed by atoms with Gasteiger partial charge < -0.3 is 8.94 Å². The summed E-state index contributed by atoms with van der Waals surface area (Å²) in [7, 11) is 0. The smallest absolute Gasteiger partial charge is 0.270 e. The molecular formula is C13H7N5O2S. The van der Waals surface area contributed by atoms with Gasteiger partial charge in [0, 0.05) is 18.0 Å². The van der Waals surface area contributed by atoms with E-state index in [9.17, 15) is 0 Å². The summed E-state index contributed by atoms with van der Waals surface area (Å²) < 4.78 is 10.3. The summed E-state index contributed by atoms with van der Waals surface area (Å²) in [4.78, 5) is 17.5. The SMILES string of the molecule is c1cnc(-c2noc(-c3cnc(-c4ccoc4)s3)n2)cn1. The minimum Gasteiger partial charge on any atom is -0.472 e. The standard InChI is InChI=1S/C13H7N5O2S/c1-4-19-7-8(1)13-16-6-10(21-13)12-17-11(18-20-12)9-5-14-2-3-15-9/h1-7H. The van der Waals surface area contributed by atoms with E-state index in [1.807, 2.05) is 6.07 Å². The lowest BCUT2D eigenvalue weighted by molar-refractivity contribution is 0.433. The average molecular weight is 297 g/mol. The molecule has 8 heteroatoms. The van der Waals surface area contributed by atoms with Gasteiger partial charge >= 0.3 is 0 Å². The van der Waals surface area contributed by atoms with Crippen LogP contribution in [0, 0.1) is 0 Å². The molecule has 0 saturated carbocycles. The summed E-state index contributed by atoms with van der Waals surface area (Å²) in [5.41, 5.74) is 1.48. The van der Waals surface area contributed by atoms with E-state index in [-0.39, 0.29) is 0 Å². The lowest BCUT2D eigenvalue weighted by Gasteiger charge is -1.88. The van der Waals surface area contributed by atoms with E-state index in [0.29, 0.717) is 17.4 Å². The van der Waals surface area contributed by atoms with Gasteiger partial charge in [0.15, 0.2) is 0 Å². The van der Waals surface area contributed by atoms with Crippen LogP contribution in [0.3, 0.4) is 0 Å². The van der Waals surface area contributed by atoms with Gasteiger partial charge in [-0.2, -0.15) is 4.98 Å². The molecular weight excluding hydrogens is 290 g/mol. The summed E-state index contributed by atoms with van der Waals surface area (Å²) >= 11 is 1.45. The molecule has 0 atom stereocenters. The van der Waals surface area contributed by atoms with E-state index in [1.54, 1.807) is 37.3 Å². The maximum Gasteiger partial charge on any atom is 0.270 e. The zero-order valence-electron chi connectivity index (χ0n) is 10.5. The third-order valence-corrected chi connectivity index (χ3v) is 3.74. The van der Waals surface area contributed by atoms with Gasteiger partial charge in [-0.25, -0.2) is 9.97 Å². The molecule has 0 bridgehead atoms. The fourth-order valence-corrected chi connectivity index (χ4v) is 2.56. The highest BCUT2D eigenvalue weighted by atomic mass is 32.1. The first-order valence-corrected chi connectivity index (χ1v) is 6.81. The van der Waals surface area contributed by atoms with E-state index in [0.717, 1.165) is 15.4 Å². The van der Waals surface area contributed by atoms with Crippen molar-refractivity contribution in [2.24, 2.45) is 0 Å². The van der Waals surface area contributed by atoms with Crippen LogP contribution >= 0.6 is 11.3 Å². The Hall–Kier alpha value is -2.87.